The second-order valence-corrected chi connectivity index (χ2v) is 3.18. The smallest absolute Gasteiger partial charge is 0.372 e. The minimum Gasteiger partial charge on any atom is -0.475 e. The number of carboxylic acid groups (broad SMARTS) is 1. The third-order valence-electron chi connectivity index (χ3n) is 2.06. The topological polar surface area (TPSA) is 91.6 Å². The van der Waals surface area contributed by atoms with Crippen LogP contribution >= 0.6 is 0 Å². The fourth-order valence-electron chi connectivity index (χ4n) is 1.21. The largest absolute Gasteiger partial charge is 0.475 e. The van der Waals surface area contributed by atoms with Crippen molar-refractivity contribution in [1.82, 2.24) is 10.6 Å². The molecular formula is C10H14N2O4. The predicted molar refractivity (Wildman–Crippen MR) is 56.1 cm³/mol. The van der Waals surface area contributed by atoms with Crippen LogP contribution in [0.4, 0.5) is 0 Å². The van der Waals surface area contributed by atoms with Crippen molar-refractivity contribution in [1.29, 1.82) is 0 Å². The molecule has 1 amide bonds. The Bertz CT molecular complexity index is 373. The van der Waals surface area contributed by atoms with Crippen molar-refractivity contribution in [2.45, 2.75) is 13.0 Å². The number of hydrogen-bond acceptors (Lipinski definition) is 4. The van der Waals surface area contributed by atoms with Crippen LogP contribution in [0.25, 0.3) is 0 Å². The van der Waals surface area contributed by atoms with Crippen LogP contribution in [0.3, 0.4) is 0 Å². The molecule has 0 aromatic carbocycles. The molecule has 0 saturated carbocycles. The molecular weight excluding hydrogens is 212 g/mol. The molecule has 0 aliphatic rings. The lowest BCUT2D eigenvalue weighted by atomic mass is 10.2. The molecule has 16 heavy (non-hydrogen) atoms. The summed E-state index contributed by atoms with van der Waals surface area (Å²) in [5.41, 5.74) is 0.574. The zero-order chi connectivity index (χ0) is 12.0. The van der Waals surface area contributed by atoms with Gasteiger partial charge in [-0.1, -0.05) is 0 Å². The van der Waals surface area contributed by atoms with Crippen LogP contribution in [0, 0.1) is 0 Å². The molecule has 1 rings (SSSR count). The summed E-state index contributed by atoms with van der Waals surface area (Å²) in [5.74, 6) is -1.21. The van der Waals surface area contributed by atoms with Gasteiger partial charge in [0.2, 0.25) is 11.7 Å². The molecule has 0 atom stereocenters. The quantitative estimate of drug-likeness (QED) is 0.603. The van der Waals surface area contributed by atoms with E-state index in [9.17, 15) is 9.59 Å². The number of nitrogens with one attached hydrogen (secondary N) is 2. The van der Waals surface area contributed by atoms with Crippen LogP contribution < -0.4 is 10.6 Å². The third kappa shape index (κ3) is 3.39. The molecule has 0 radical (unpaired) electrons. The van der Waals surface area contributed by atoms with E-state index in [1.807, 2.05) is 0 Å². The second-order valence-electron chi connectivity index (χ2n) is 3.18. The van der Waals surface area contributed by atoms with Crippen LogP contribution in [0.1, 0.15) is 22.5 Å². The van der Waals surface area contributed by atoms with E-state index in [-0.39, 0.29) is 11.7 Å². The summed E-state index contributed by atoms with van der Waals surface area (Å²) in [7, 11) is 1.57. The SMILES string of the molecule is CNC(=O)CCNCc1ccoc1C(=O)O. The molecule has 0 aliphatic carbocycles. The first-order valence-corrected chi connectivity index (χ1v) is 4.86. The lowest BCUT2D eigenvalue weighted by Gasteiger charge is -2.02. The number of amides is 1. The molecule has 6 heteroatoms. The van der Waals surface area contributed by atoms with Crippen LogP contribution in [0.5, 0.6) is 0 Å². The number of furan rings is 1. The molecule has 1 heterocycles. The Hall–Kier alpha value is -1.82. The maximum atomic E-state index is 10.9. The highest BCUT2D eigenvalue weighted by Gasteiger charge is 2.12. The summed E-state index contributed by atoms with van der Waals surface area (Å²) < 4.78 is 4.81. The van der Waals surface area contributed by atoms with Crippen molar-refractivity contribution < 1.29 is 19.1 Å². The first-order chi connectivity index (χ1) is 7.65. The molecule has 1 aromatic rings. The van der Waals surface area contributed by atoms with Crippen LogP contribution in [0.15, 0.2) is 16.7 Å². The van der Waals surface area contributed by atoms with E-state index in [0.717, 1.165) is 0 Å². The highest BCUT2D eigenvalue weighted by molar-refractivity contribution is 5.86. The summed E-state index contributed by atoms with van der Waals surface area (Å²) in [6.45, 7) is 0.860. The second kappa shape index (κ2) is 5.92. The summed E-state index contributed by atoms with van der Waals surface area (Å²) >= 11 is 0. The Labute approximate surface area is 92.6 Å². The van der Waals surface area contributed by atoms with E-state index in [4.69, 9.17) is 9.52 Å². The van der Waals surface area contributed by atoms with Gasteiger partial charge in [0.15, 0.2) is 0 Å². The van der Waals surface area contributed by atoms with E-state index in [0.29, 0.717) is 25.1 Å². The van der Waals surface area contributed by atoms with Crippen molar-refractivity contribution in [2.75, 3.05) is 13.6 Å². The number of carbonyl (C=O) groups is 2. The van der Waals surface area contributed by atoms with Crippen molar-refractivity contribution >= 4 is 11.9 Å². The molecule has 0 saturated heterocycles. The minimum absolute atomic E-state index is 0.0573. The Morgan fingerprint density at radius 1 is 1.50 bits per heavy atom. The van der Waals surface area contributed by atoms with Gasteiger partial charge < -0.3 is 20.2 Å². The highest BCUT2D eigenvalue weighted by Crippen LogP contribution is 2.09. The van der Waals surface area contributed by atoms with Crippen LogP contribution in [0.2, 0.25) is 0 Å². The molecule has 3 N–H and O–H groups in total. The van der Waals surface area contributed by atoms with Gasteiger partial charge in [-0.15, -0.1) is 0 Å². The zero-order valence-corrected chi connectivity index (χ0v) is 8.95. The van der Waals surface area contributed by atoms with Gasteiger partial charge in [-0.3, -0.25) is 4.79 Å². The Balaban J connectivity index is 2.34. The molecule has 0 aliphatic heterocycles. The first-order valence-electron chi connectivity index (χ1n) is 4.86. The fourth-order valence-corrected chi connectivity index (χ4v) is 1.21. The minimum atomic E-state index is -1.09. The summed E-state index contributed by atoms with van der Waals surface area (Å²) in [6.07, 6.45) is 1.69. The van der Waals surface area contributed by atoms with E-state index in [2.05, 4.69) is 10.6 Å². The van der Waals surface area contributed by atoms with Gasteiger partial charge in [0, 0.05) is 32.1 Å². The van der Waals surface area contributed by atoms with Gasteiger partial charge in [-0.2, -0.15) is 0 Å². The van der Waals surface area contributed by atoms with Gasteiger partial charge in [-0.25, -0.2) is 4.79 Å². The van der Waals surface area contributed by atoms with Crippen molar-refractivity contribution in [2.24, 2.45) is 0 Å². The van der Waals surface area contributed by atoms with E-state index >= 15 is 0 Å². The van der Waals surface area contributed by atoms with Crippen molar-refractivity contribution in [3.8, 4) is 0 Å². The normalized spacial score (nSPS) is 10.1. The van der Waals surface area contributed by atoms with E-state index < -0.39 is 5.97 Å². The molecule has 0 fully saturated rings. The Kier molecular flexibility index (Phi) is 4.53. The number of rotatable bonds is 6. The molecule has 88 valence electrons. The van der Waals surface area contributed by atoms with Crippen LogP contribution in [-0.4, -0.2) is 30.6 Å². The van der Waals surface area contributed by atoms with Crippen LogP contribution in [-0.2, 0) is 11.3 Å². The lowest BCUT2D eigenvalue weighted by Crippen LogP contribution is -2.24. The number of hydrogen-bond donors (Lipinski definition) is 3. The fraction of sp³-hybridized carbons (Fsp3) is 0.400. The predicted octanol–water partition coefficient (Wildman–Crippen LogP) is 0.203. The zero-order valence-electron chi connectivity index (χ0n) is 8.95. The van der Waals surface area contributed by atoms with E-state index in [1.54, 1.807) is 13.1 Å². The lowest BCUT2D eigenvalue weighted by molar-refractivity contribution is -0.120. The van der Waals surface area contributed by atoms with Gasteiger partial charge in [0.05, 0.1) is 6.26 Å². The third-order valence-corrected chi connectivity index (χ3v) is 2.06. The maximum Gasteiger partial charge on any atom is 0.372 e. The van der Waals surface area contributed by atoms with E-state index in [1.165, 1.54) is 6.26 Å². The van der Waals surface area contributed by atoms with Gasteiger partial charge in [0.1, 0.15) is 0 Å². The number of aromatic carboxylic acids is 1. The average molecular weight is 226 g/mol. The van der Waals surface area contributed by atoms with Gasteiger partial charge in [0.25, 0.3) is 0 Å². The number of carboxylic acids is 1. The van der Waals surface area contributed by atoms with Crippen molar-refractivity contribution in [3.63, 3.8) is 0 Å². The summed E-state index contributed by atoms with van der Waals surface area (Å²) in [4.78, 5) is 21.6. The Morgan fingerprint density at radius 3 is 2.88 bits per heavy atom. The number of carbonyl (C=O) groups excluding carboxylic acids is 1. The molecule has 0 spiro atoms. The molecule has 1 aromatic heterocycles. The summed E-state index contributed by atoms with van der Waals surface area (Å²) in [6, 6.07) is 1.59. The Morgan fingerprint density at radius 2 is 2.25 bits per heavy atom. The first kappa shape index (κ1) is 12.3. The molecule has 0 bridgehead atoms. The summed E-state index contributed by atoms with van der Waals surface area (Å²) in [5, 5.41) is 14.2. The van der Waals surface area contributed by atoms with Crippen molar-refractivity contribution in [3.05, 3.63) is 23.7 Å². The standard InChI is InChI=1S/C10H14N2O4/c1-11-8(13)2-4-12-6-7-3-5-16-9(7)10(14)15/h3,5,12H,2,4,6H2,1H3,(H,11,13)(H,14,15). The highest BCUT2D eigenvalue weighted by atomic mass is 16.4. The average Bonchev–Trinajstić information content (AvgIpc) is 2.72. The molecule has 0 unspecified atom stereocenters. The van der Waals surface area contributed by atoms with Gasteiger partial charge >= 0.3 is 5.97 Å². The monoisotopic (exact) mass is 226 g/mol. The maximum absolute atomic E-state index is 10.9. The molecule has 6 nitrogen and oxygen atoms in total. The van der Waals surface area contributed by atoms with Gasteiger partial charge in [-0.05, 0) is 6.07 Å².